The molecular formula is C21H25N3O3. The van der Waals surface area contributed by atoms with Gasteiger partial charge in [0.25, 0.3) is 5.91 Å². The number of hydrogen-bond donors (Lipinski definition) is 1. The molecule has 0 spiro atoms. The van der Waals surface area contributed by atoms with Crippen LogP contribution >= 0.6 is 0 Å². The summed E-state index contributed by atoms with van der Waals surface area (Å²) in [6.07, 6.45) is 5.14. The standard InChI is InChI=1S/C21H25N3O3/c25-20(10-15-27-16-17-4-2-1-3-5-17)23-19-8-13-24(14-9-19)21(26)18-6-11-22-12-7-18/h1-7,11-12,19H,8-10,13-16H2,(H,23,25). The molecule has 6 nitrogen and oxygen atoms in total. The van der Waals surface area contributed by atoms with E-state index in [4.69, 9.17) is 4.74 Å². The largest absolute Gasteiger partial charge is 0.376 e. The average molecular weight is 367 g/mol. The highest BCUT2D eigenvalue weighted by molar-refractivity contribution is 5.94. The topological polar surface area (TPSA) is 71.5 Å². The number of piperidine rings is 1. The highest BCUT2D eigenvalue weighted by atomic mass is 16.5. The zero-order chi connectivity index (χ0) is 18.9. The number of rotatable bonds is 7. The van der Waals surface area contributed by atoms with Crippen LogP contribution in [0.5, 0.6) is 0 Å². The van der Waals surface area contributed by atoms with E-state index in [9.17, 15) is 9.59 Å². The third kappa shape index (κ3) is 5.89. The molecule has 3 rings (SSSR count). The lowest BCUT2D eigenvalue weighted by molar-refractivity contribution is -0.123. The molecule has 142 valence electrons. The molecule has 0 bridgehead atoms. The highest BCUT2D eigenvalue weighted by Crippen LogP contribution is 2.14. The summed E-state index contributed by atoms with van der Waals surface area (Å²) in [6, 6.07) is 13.5. The van der Waals surface area contributed by atoms with E-state index in [1.54, 1.807) is 24.5 Å². The van der Waals surface area contributed by atoms with Crippen molar-refractivity contribution >= 4 is 11.8 Å². The monoisotopic (exact) mass is 367 g/mol. The van der Waals surface area contributed by atoms with E-state index in [0.29, 0.717) is 38.3 Å². The molecule has 1 saturated heterocycles. The average Bonchev–Trinajstić information content (AvgIpc) is 2.73. The van der Waals surface area contributed by atoms with Crippen molar-refractivity contribution in [3.8, 4) is 0 Å². The number of benzene rings is 1. The fourth-order valence-corrected chi connectivity index (χ4v) is 3.13. The molecular weight excluding hydrogens is 342 g/mol. The van der Waals surface area contributed by atoms with Crippen LogP contribution in [0, 0.1) is 0 Å². The Morgan fingerprint density at radius 2 is 1.78 bits per heavy atom. The van der Waals surface area contributed by atoms with Gasteiger partial charge in [0.2, 0.25) is 5.91 Å². The van der Waals surface area contributed by atoms with Crippen LogP contribution in [0.1, 0.15) is 35.2 Å². The van der Waals surface area contributed by atoms with Gasteiger partial charge in [-0.25, -0.2) is 0 Å². The van der Waals surface area contributed by atoms with Gasteiger partial charge in [0.05, 0.1) is 13.2 Å². The van der Waals surface area contributed by atoms with Crippen molar-refractivity contribution < 1.29 is 14.3 Å². The molecule has 2 amide bonds. The zero-order valence-electron chi connectivity index (χ0n) is 15.3. The van der Waals surface area contributed by atoms with Crippen molar-refractivity contribution in [3.63, 3.8) is 0 Å². The Bertz CT molecular complexity index is 729. The van der Waals surface area contributed by atoms with Gasteiger partial charge in [0.1, 0.15) is 0 Å². The molecule has 0 aliphatic carbocycles. The highest BCUT2D eigenvalue weighted by Gasteiger charge is 2.24. The second kappa shape index (κ2) is 9.83. The molecule has 1 fully saturated rings. The predicted octanol–water partition coefficient (Wildman–Crippen LogP) is 2.41. The van der Waals surface area contributed by atoms with Gasteiger partial charge in [-0.3, -0.25) is 14.6 Å². The first kappa shape index (κ1) is 19.0. The first-order valence-electron chi connectivity index (χ1n) is 9.33. The van der Waals surface area contributed by atoms with Crippen LogP contribution < -0.4 is 5.32 Å². The molecule has 1 aliphatic rings. The van der Waals surface area contributed by atoms with Crippen LogP contribution in [0.15, 0.2) is 54.9 Å². The summed E-state index contributed by atoms with van der Waals surface area (Å²) in [5, 5.41) is 3.05. The van der Waals surface area contributed by atoms with E-state index >= 15 is 0 Å². The molecule has 0 saturated carbocycles. The number of carbonyl (C=O) groups is 2. The SMILES string of the molecule is O=C(CCOCc1ccccc1)NC1CCN(C(=O)c2ccncc2)CC1. The molecule has 1 aliphatic heterocycles. The minimum atomic E-state index is 0.00183. The maximum atomic E-state index is 12.4. The quantitative estimate of drug-likeness (QED) is 0.763. The minimum Gasteiger partial charge on any atom is -0.376 e. The van der Waals surface area contributed by atoms with Crippen molar-refractivity contribution in [1.82, 2.24) is 15.2 Å². The minimum absolute atomic E-state index is 0.00183. The maximum Gasteiger partial charge on any atom is 0.253 e. The van der Waals surface area contributed by atoms with Crippen LogP contribution in [0.25, 0.3) is 0 Å². The second-order valence-electron chi connectivity index (χ2n) is 6.66. The lowest BCUT2D eigenvalue weighted by Crippen LogP contribution is -2.46. The smallest absolute Gasteiger partial charge is 0.253 e. The van der Waals surface area contributed by atoms with Crippen molar-refractivity contribution in [2.24, 2.45) is 0 Å². The van der Waals surface area contributed by atoms with Gasteiger partial charge in [0.15, 0.2) is 0 Å². The van der Waals surface area contributed by atoms with Crippen molar-refractivity contribution in [3.05, 3.63) is 66.0 Å². The Labute approximate surface area is 159 Å². The normalized spacial score (nSPS) is 14.7. The number of aromatic nitrogens is 1. The lowest BCUT2D eigenvalue weighted by atomic mass is 10.0. The van der Waals surface area contributed by atoms with Crippen molar-refractivity contribution in [2.75, 3.05) is 19.7 Å². The van der Waals surface area contributed by atoms with E-state index in [0.717, 1.165) is 18.4 Å². The van der Waals surface area contributed by atoms with Crippen molar-refractivity contribution in [1.29, 1.82) is 0 Å². The molecule has 2 heterocycles. The Morgan fingerprint density at radius 1 is 1.07 bits per heavy atom. The molecule has 0 radical (unpaired) electrons. The number of carbonyl (C=O) groups excluding carboxylic acids is 2. The van der Waals surface area contributed by atoms with E-state index < -0.39 is 0 Å². The zero-order valence-corrected chi connectivity index (χ0v) is 15.3. The van der Waals surface area contributed by atoms with Gasteiger partial charge in [-0.05, 0) is 30.5 Å². The van der Waals surface area contributed by atoms with Crippen LogP contribution in [-0.2, 0) is 16.1 Å². The molecule has 2 aromatic rings. The summed E-state index contributed by atoms with van der Waals surface area (Å²) in [7, 11) is 0. The molecule has 6 heteroatoms. The Hall–Kier alpha value is -2.73. The number of hydrogen-bond acceptors (Lipinski definition) is 4. The van der Waals surface area contributed by atoms with Crippen LogP contribution in [0.4, 0.5) is 0 Å². The first-order chi connectivity index (χ1) is 13.2. The van der Waals surface area contributed by atoms with Crippen LogP contribution in [0.2, 0.25) is 0 Å². The maximum absolute atomic E-state index is 12.4. The summed E-state index contributed by atoms with van der Waals surface area (Å²) < 4.78 is 5.56. The molecule has 27 heavy (non-hydrogen) atoms. The Morgan fingerprint density at radius 3 is 2.48 bits per heavy atom. The van der Waals surface area contributed by atoms with E-state index in [-0.39, 0.29) is 17.9 Å². The number of nitrogens with one attached hydrogen (secondary N) is 1. The fraction of sp³-hybridized carbons (Fsp3) is 0.381. The van der Waals surface area contributed by atoms with E-state index in [1.807, 2.05) is 35.2 Å². The van der Waals surface area contributed by atoms with Gasteiger partial charge >= 0.3 is 0 Å². The third-order valence-electron chi connectivity index (χ3n) is 4.66. The van der Waals surface area contributed by atoms with E-state index in [2.05, 4.69) is 10.3 Å². The summed E-state index contributed by atoms with van der Waals surface area (Å²) in [6.45, 7) is 2.22. The molecule has 1 aromatic heterocycles. The molecule has 0 unspecified atom stereocenters. The van der Waals surface area contributed by atoms with Gasteiger partial charge in [-0.15, -0.1) is 0 Å². The van der Waals surface area contributed by atoms with E-state index in [1.165, 1.54) is 0 Å². The van der Waals surface area contributed by atoms with Gasteiger partial charge in [-0.1, -0.05) is 30.3 Å². The number of likely N-dealkylation sites (tertiary alicyclic amines) is 1. The van der Waals surface area contributed by atoms with Crippen LogP contribution in [-0.4, -0.2) is 47.4 Å². The Kier molecular flexibility index (Phi) is 6.93. The Balaban J connectivity index is 1.33. The fourth-order valence-electron chi connectivity index (χ4n) is 3.13. The predicted molar refractivity (Wildman–Crippen MR) is 102 cm³/mol. The van der Waals surface area contributed by atoms with Gasteiger partial charge < -0.3 is 15.0 Å². The number of nitrogens with zero attached hydrogens (tertiary/aromatic N) is 2. The van der Waals surface area contributed by atoms with Gasteiger partial charge in [-0.2, -0.15) is 0 Å². The van der Waals surface area contributed by atoms with Crippen molar-refractivity contribution in [2.45, 2.75) is 31.9 Å². The third-order valence-corrected chi connectivity index (χ3v) is 4.66. The first-order valence-corrected chi connectivity index (χ1v) is 9.33. The summed E-state index contributed by atoms with van der Waals surface area (Å²) in [4.78, 5) is 30.3. The van der Waals surface area contributed by atoms with Gasteiger partial charge in [0, 0.05) is 43.5 Å². The molecule has 1 aromatic carbocycles. The summed E-state index contributed by atoms with van der Waals surface area (Å²) in [5.74, 6) is 0.0264. The number of pyridine rings is 1. The molecule has 0 atom stereocenters. The summed E-state index contributed by atoms with van der Waals surface area (Å²) >= 11 is 0. The number of amides is 2. The molecule has 1 N–H and O–H groups in total. The number of ether oxygens (including phenoxy) is 1. The summed E-state index contributed by atoms with van der Waals surface area (Å²) in [5.41, 5.74) is 1.76. The van der Waals surface area contributed by atoms with Crippen LogP contribution in [0.3, 0.4) is 0 Å². The lowest BCUT2D eigenvalue weighted by Gasteiger charge is -2.32. The second-order valence-corrected chi connectivity index (χ2v) is 6.66.